The topological polar surface area (TPSA) is 26.3 Å². The minimum atomic E-state index is -0.310. The van der Waals surface area contributed by atoms with E-state index in [9.17, 15) is 4.79 Å². The van der Waals surface area contributed by atoms with Crippen molar-refractivity contribution in [3.63, 3.8) is 0 Å². The Hall–Kier alpha value is -0.102. The Morgan fingerprint density at radius 2 is 2.29 bits per heavy atom. The fourth-order valence-corrected chi connectivity index (χ4v) is 0.582. The van der Waals surface area contributed by atoms with E-state index in [0.717, 1.165) is 20.2 Å². The van der Waals surface area contributed by atoms with Gasteiger partial charge in [-0.25, -0.2) is 0 Å². The van der Waals surface area contributed by atoms with Crippen molar-refractivity contribution in [2.24, 2.45) is 0 Å². The van der Waals surface area contributed by atoms with Gasteiger partial charge in [0.15, 0.2) is 0 Å². The molecule has 7 heavy (non-hydrogen) atoms. The van der Waals surface area contributed by atoms with Crippen LogP contribution < -0.4 is 0 Å². The van der Waals surface area contributed by atoms with Crippen LogP contribution >= 0.6 is 0 Å². The summed E-state index contributed by atoms with van der Waals surface area (Å²) >= 11 is 0.808. The third-order valence-electron chi connectivity index (χ3n) is 0.424. The first-order chi connectivity index (χ1) is 3.18. The van der Waals surface area contributed by atoms with Crippen LogP contribution in [0.2, 0.25) is 0 Å². The molecule has 0 saturated heterocycles. The molecule has 0 fully saturated rings. The molecule has 0 heterocycles. The maximum absolute atomic E-state index is 10.2. The second-order valence-electron chi connectivity index (χ2n) is 1.15. The first-order valence-corrected chi connectivity index (χ1v) is 2.88. The van der Waals surface area contributed by atoms with Gasteiger partial charge in [-0.3, -0.25) is 0 Å². The van der Waals surface area contributed by atoms with Gasteiger partial charge >= 0.3 is 53.4 Å². The zero-order chi connectivity index (χ0) is 5.86. The monoisotopic (exact) mass is 269 g/mol. The van der Waals surface area contributed by atoms with E-state index in [1.54, 1.807) is 6.92 Å². The predicted octanol–water partition coefficient (Wildman–Crippen LogP) is 0.567. The predicted molar refractivity (Wildman–Crippen MR) is 20.9 cm³/mol. The summed E-state index contributed by atoms with van der Waals surface area (Å²) in [6.07, 6.45) is 0. The van der Waals surface area contributed by atoms with Crippen LogP contribution in [-0.2, 0) is 28.4 Å². The van der Waals surface area contributed by atoms with Crippen molar-refractivity contribution in [1.82, 2.24) is 0 Å². The van der Waals surface area contributed by atoms with Gasteiger partial charge in [-0.1, -0.05) is 0 Å². The third-order valence-corrected chi connectivity index (χ3v) is 0.968. The van der Waals surface area contributed by atoms with Crippen molar-refractivity contribution in [3.05, 3.63) is 12.2 Å². The molecular formula is C4H5O2W. The Kier molecular flexibility index (Phi) is 2.93. The first-order valence-electron chi connectivity index (χ1n) is 1.68. The van der Waals surface area contributed by atoms with E-state index in [1.807, 2.05) is 0 Å². The molecule has 0 aromatic heterocycles. The van der Waals surface area contributed by atoms with Gasteiger partial charge in [0.25, 0.3) is 0 Å². The Labute approximate surface area is 53.9 Å². The van der Waals surface area contributed by atoms with Crippen LogP contribution in [0.25, 0.3) is 0 Å². The van der Waals surface area contributed by atoms with E-state index >= 15 is 0 Å². The van der Waals surface area contributed by atoms with Gasteiger partial charge in [0.2, 0.25) is 0 Å². The molecule has 0 amide bonds. The number of hydrogen-bond donors (Lipinski definition) is 0. The van der Waals surface area contributed by atoms with E-state index in [0.29, 0.717) is 5.57 Å². The van der Waals surface area contributed by atoms with E-state index in [4.69, 9.17) is 0 Å². The molecule has 0 aromatic carbocycles. The summed E-state index contributed by atoms with van der Waals surface area (Å²) in [7, 11) is 0. The molecule has 39 valence electrons. The molecule has 0 atom stereocenters. The van der Waals surface area contributed by atoms with Crippen molar-refractivity contribution < 1.29 is 28.4 Å². The number of rotatable bonds is 1. The fourth-order valence-electron chi connectivity index (χ4n) is 0.0711. The Morgan fingerprint density at radius 3 is 2.29 bits per heavy atom. The van der Waals surface area contributed by atoms with Gasteiger partial charge in [-0.05, 0) is 0 Å². The SMILES string of the molecule is C=C(C)C(=O)[O][W]. The van der Waals surface area contributed by atoms with Crippen LogP contribution in [0.5, 0.6) is 0 Å². The van der Waals surface area contributed by atoms with Crippen molar-refractivity contribution in [1.29, 1.82) is 0 Å². The van der Waals surface area contributed by atoms with Gasteiger partial charge in [0, 0.05) is 0 Å². The number of carbonyl (C=O) groups excluding carboxylic acids is 1. The molecule has 3 heteroatoms. The molecule has 0 aliphatic carbocycles. The van der Waals surface area contributed by atoms with Crippen LogP contribution in [0.1, 0.15) is 6.92 Å². The zero-order valence-corrected chi connectivity index (χ0v) is 6.87. The Morgan fingerprint density at radius 1 is 1.86 bits per heavy atom. The molecule has 0 unspecified atom stereocenters. The molecule has 0 rings (SSSR count). The molecule has 2 nitrogen and oxygen atoms in total. The standard InChI is InChI=1S/C4H6O2.W/c1-3(2)4(5)6;/h1H2,2H3,(H,5,6);/q;+1/p-1. The summed E-state index contributed by atoms with van der Waals surface area (Å²) in [5.41, 5.74) is 0.454. The van der Waals surface area contributed by atoms with Gasteiger partial charge in [-0.15, -0.1) is 0 Å². The summed E-state index contributed by atoms with van der Waals surface area (Å²) < 4.78 is 4.36. The number of hydrogen-bond acceptors (Lipinski definition) is 2. The van der Waals surface area contributed by atoms with Crippen molar-refractivity contribution in [3.8, 4) is 0 Å². The van der Waals surface area contributed by atoms with Crippen molar-refractivity contribution >= 4 is 5.97 Å². The third kappa shape index (κ3) is 2.58. The maximum atomic E-state index is 10.2. The average Bonchev–Trinajstić information content (AvgIpc) is 1.65. The molecule has 0 N–H and O–H groups in total. The summed E-state index contributed by atoms with van der Waals surface area (Å²) in [5, 5.41) is 0. The van der Waals surface area contributed by atoms with Gasteiger partial charge < -0.3 is 0 Å². The second-order valence-corrected chi connectivity index (χ2v) is 1.75. The quantitative estimate of drug-likeness (QED) is 0.650. The summed E-state index contributed by atoms with van der Waals surface area (Å²) in [4.78, 5) is 10.2. The molecule has 0 aliphatic heterocycles. The summed E-state index contributed by atoms with van der Waals surface area (Å²) in [6, 6.07) is 0. The molecule has 0 radical (unpaired) electrons. The Bertz CT molecular complexity index is 97.9. The first kappa shape index (κ1) is 6.90. The summed E-state index contributed by atoms with van der Waals surface area (Å²) in [6.45, 7) is 4.98. The molecular weight excluding hydrogens is 264 g/mol. The van der Waals surface area contributed by atoms with Crippen LogP contribution in [0.3, 0.4) is 0 Å². The molecule has 0 spiro atoms. The van der Waals surface area contributed by atoms with E-state index < -0.39 is 0 Å². The molecule has 0 saturated carbocycles. The van der Waals surface area contributed by atoms with Crippen LogP contribution in [-0.4, -0.2) is 5.97 Å². The van der Waals surface area contributed by atoms with Gasteiger partial charge in [0.05, 0.1) is 0 Å². The summed E-state index contributed by atoms with van der Waals surface area (Å²) in [5.74, 6) is -0.310. The number of carbonyl (C=O) groups is 1. The van der Waals surface area contributed by atoms with Crippen molar-refractivity contribution in [2.75, 3.05) is 0 Å². The second kappa shape index (κ2) is 2.97. The Balaban J connectivity index is 3.58. The zero-order valence-electron chi connectivity index (χ0n) is 3.93. The molecule has 0 aliphatic rings. The average molecular weight is 269 g/mol. The molecule has 0 aromatic rings. The van der Waals surface area contributed by atoms with Crippen LogP contribution in [0.4, 0.5) is 0 Å². The normalized spacial score (nSPS) is 7.57. The van der Waals surface area contributed by atoms with E-state index in [2.05, 4.69) is 9.97 Å². The van der Waals surface area contributed by atoms with E-state index in [-0.39, 0.29) is 5.97 Å². The van der Waals surface area contributed by atoms with Crippen LogP contribution in [0.15, 0.2) is 12.2 Å². The van der Waals surface area contributed by atoms with E-state index in [1.165, 1.54) is 0 Å². The van der Waals surface area contributed by atoms with Crippen molar-refractivity contribution in [2.45, 2.75) is 6.92 Å². The minimum absolute atomic E-state index is 0.310. The van der Waals surface area contributed by atoms with Gasteiger partial charge in [0.1, 0.15) is 0 Å². The fraction of sp³-hybridized carbons (Fsp3) is 0.250. The van der Waals surface area contributed by atoms with Crippen LogP contribution in [0, 0.1) is 0 Å². The molecule has 0 bridgehead atoms. The van der Waals surface area contributed by atoms with Gasteiger partial charge in [-0.2, -0.15) is 0 Å².